The van der Waals surface area contributed by atoms with Gasteiger partial charge >= 0.3 is 0 Å². The van der Waals surface area contributed by atoms with Gasteiger partial charge in [-0.1, -0.05) is 255 Å². The highest BCUT2D eigenvalue weighted by molar-refractivity contribution is 6.22. The molecule has 2 heteroatoms. The fraction of sp³-hybridized carbons (Fsp3) is 0.0227. The lowest BCUT2D eigenvalue weighted by atomic mass is 9.70. The summed E-state index contributed by atoms with van der Waals surface area (Å²) in [4.78, 5) is 4.76. The number of para-hydroxylation sites is 3. The van der Waals surface area contributed by atoms with Gasteiger partial charge in [0.25, 0.3) is 0 Å². The molecule has 0 aromatic heterocycles. The van der Waals surface area contributed by atoms with Gasteiger partial charge in [-0.05, 0) is 218 Å². The number of rotatable bonds is 8. The maximum atomic E-state index is 2.58. The van der Waals surface area contributed by atoms with Gasteiger partial charge in [0.15, 0.2) is 0 Å². The van der Waals surface area contributed by atoms with Crippen molar-refractivity contribution in [1.29, 1.82) is 0 Å². The summed E-state index contributed by atoms with van der Waals surface area (Å²) >= 11 is 0. The Morgan fingerprint density at radius 2 is 0.422 bits per heavy atom. The van der Waals surface area contributed by atoms with E-state index in [0.29, 0.717) is 0 Å². The second-order valence-electron chi connectivity index (χ2n) is 24.5. The third-order valence-electron chi connectivity index (χ3n) is 20.2. The minimum absolute atomic E-state index is 0.492. The molecule has 0 atom stereocenters. The minimum Gasteiger partial charge on any atom is -0.311 e. The summed E-state index contributed by atoms with van der Waals surface area (Å²) in [6.07, 6.45) is 0. The van der Waals surface area contributed by atoms with E-state index in [0.717, 1.165) is 34.1 Å². The van der Waals surface area contributed by atoms with E-state index >= 15 is 0 Å². The average Bonchev–Trinajstić information content (AvgIpc) is 1.51. The highest BCUT2D eigenvalue weighted by Gasteiger charge is 2.53. The molecule has 0 radical (unpaired) electrons. The zero-order valence-corrected chi connectivity index (χ0v) is 49.2. The summed E-state index contributed by atoms with van der Waals surface area (Å²) < 4.78 is 0. The van der Waals surface area contributed by atoms with E-state index in [9.17, 15) is 0 Å². The van der Waals surface area contributed by atoms with Crippen LogP contribution in [0.25, 0.3) is 88.3 Å². The van der Waals surface area contributed by atoms with Crippen molar-refractivity contribution in [1.82, 2.24) is 0 Å². The van der Waals surface area contributed by atoms with Crippen LogP contribution in [-0.2, 0) is 10.8 Å². The highest BCUT2D eigenvalue weighted by atomic mass is 15.2. The zero-order chi connectivity index (χ0) is 59.1. The van der Waals surface area contributed by atoms with Crippen LogP contribution in [0.15, 0.2) is 340 Å². The van der Waals surface area contributed by atoms with Gasteiger partial charge in [0.05, 0.1) is 10.8 Å². The molecule has 418 valence electrons. The van der Waals surface area contributed by atoms with E-state index in [1.54, 1.807) is 0 Å². The summed E-state index contributed by atoms with van der Waals surface area (Å²) in [5.41, 5.74) is 31.4. The standard InChI is InChI=1S/C88H56N2/c1-4-24-59(25-5-1)89(60-26-6-2-7-27-60)62-46-48-63(49-47-62)90(61-28-8-3-9-29-61)64-50-53-75-76(56-64)86(58-45-52-72-70-35-17-23-43-82(70)88(84(72)55-58)79-40-20-14-32-67(79)68-33-15-21-41-80(68)88)74-37-11-10-36-73(74)85(75)57-44-51-71-69-34-16-22-42-81(69)87(83(71)54-57)77-38-18-12-30-65(77)66-31-13-19-39-78(66)87/h1-56H. The molecule has 0 unspecified atom stereocenters. The lowest BCUT2D eigenvalue weighted by molar-refractivity contribution is 0.794. The first kappa shape index (κ1) is 50.6. The van der Waals surface area contributed by atoms with Crippen LogP contribution in [0.2, 0.25) is 0 Å². The first-order valence-electron chi connectivity index (χ1n) is 31.4. The number of nitrogens with zero attached hydrogens (tertiary/aromatic N) is 2. The third kappa shape index (κ3) is 6.93. The fourth-order valence-electron chi connectivity index (χ4n) is 16.8. The van der Waals surface area contributed by atoms with E-state index in [-0.39, 0.29) is 0 Å². The molecular formula is C88H56N2. The summed E-state index contributed by atoms with van der Waals surface area (Å²) in [5, 5.41) is 4.81. The molecule has 4 aliphatic carbocycles. The number of benzene rings is 15. The van der Waals surface area contributed by atoms with Crippen molar-refractivity contribution in [3.63, 3.8) is 0 Å². The minimum atomic E-state index is -0.506. The molecule has 2 nitrogen and oxygen atoms in total. The van der Waals surface area contributed by atoms with E-state index in [1.165, 1.54) is 133 Å². The Hall–Kier alpha value is -11.6. The SMILES string of the molecule is c1ccc(N(c2ccccc2)c2ccc(N(c3ccccc3)c3ccc4c(-c5ccc6c(c5)C5(c7ccccc7-c7ccccc75)c5ccccc5-6)c5ccccc5c(-c5ccc6c(c5)C5(c7ccccc7-c7ccccc75)c5ccccc5-6)c4c3)cc2)cc1. The highest BCUT2D eigenvalue weighted by Crippen LogP contribution is 2.65. The molecule has 19 rings (SSSR count). The van der Waals surface area contributed by atoms with Crippen LogP contribution < -0.4 is 9.80 Å². The van der Waals surface area contributed by atoms with Gasteiger partial charge in [-0.25, -0.2) is 0 Å². The van der Waals surface area contributed by atoms with Crippen LogP contribution in [0.5, 0.6) is 0 Å². The van der Waals surface area contributed by atoms with Crippen molar-refractivity contribution in [2.75, 3.05) is 9.80 Å². The third-order valence-corrected chi connectivity index (χ3v) is 20.2. The van der Waals surface area contributed by atoms with Gasteiger partial charge in [0.1, 0.15) is 0 Å². The lowest BCUT2D eigenvalue weighted by Crippen LogP contribution is -2.25. The normalized spacial score (nSPS) is 13.5. The second-order valence-corrected chi connectivity index (χ2v) is 24.5. The van der Waals surface area contributed by atoms with Crippen LogP contribution in [0, 0.1) is 0 Å². The summed E-state index contributed by atoms with van der Waals surface area (Å²) in [5.74, 6) is 0. The number of hydrogen-bond acceptors (Lipinski definition) is 2. The molecule has 4 aliphatic rings. The van der Waals surface area contributed by atoms with Gasteiger partial charge in [0.2, 0.25) is 0 Å². The molecule has 15 aromatic carbocycles. The van der Waals surface area contributed by atoms with Gasteiger partial charge in [-0.3, -0.25) is 0 Å². The zero-order valence-electron chi connectivity index (χ0n) is 49.2. The molecule has 0 saturated carbocycles. The Morgan fingerprint density at radius 1 is 0.167 bits per heavy atom. The largest absolute Gasteiger partial charge is 0.311 e. The first-order chi connectivity index (χ1) is 44.7. The topological polar surface area (TPSA) is 6.48 Å². The number of hydrogen-bond donors (Lipinski definition) is 0. The average molecular weight is 1140 g/mol. The first-order valence-corrected chi connectivity index (χ1v) is 31.4. The van der Waals surface area contributed by atoms with E-state index in [1.807, 2.05) is 0 Å². The Kier molecular flexibility index (Phi) is 10.9. The summed E-state index contributed by atoms with van der Waals surface area (Å²) in [6.45, 7) is 0. The van der Waals surface area contributed by atoms with E-state index in [4.69, 9.17) is 0 Å². The van der Waals surface area contributed by atoms with Gasteiger partial charge in [-0.2, -0.15) is 0 Å². The van der Waals surface area contributed by atoms with Crippen LogP contribution in [0.3, 0.4) is 0 Å². The molecule has 0 amide bonds. The van der Waals surface area contributed by atoms with Crippen molar-refractivity contribution in [3.8, 4) is 66.8 Å². The quantitative estimate of drug-likeness (QED) is 0.140. The van der Waals surface area contributed by atoms with E-state index in [2.05, 4.69) is 350 Å². The number of fused-ring (bicyclic) bond motifs is 22. The molecule has 0 N–H and O–H groups in total. The van der Waals surface area contributed by atoms with E-state index < -0.39 is 10.8 Å². The van der Waals surface area contributed by atoms with Crippen molar-refractivity contribution < 1.29 is 0 Å². The Balaban J connectivity index is 0.876. The van der Waals surface area contributed by atoms with Gasteiger partial charge in [-0.15, -0.1) is 0 Å². The predicted octanol–water partition coefficient (Wildman–Crippen LogP) is 23.0. The van der Waals surface area contributed by atoms with Crippen molar-refractivity contribution >= 4 is 55.7 Å². The lowest BCUT2D eigenvalue weighted by Gasteiger charge is -2.31. The van der Waals surface area contributed by atoms with Crippen LogP contribution in [-0.4, -0.2) is 0 Å². The molecular weight excluding hydrogens is 1080 g/mol. The molecule has 15 aromatic rings. The molecule has 0 saturated heterocycles. The summed E-state index contributed by atoms with van der Waals surface area (Å²) in [7, 11) is 0. The van der Waals surface area contributed by atoms with Crippen LogP contribution in [0.1, 0.15) is 44.5 Å². The van der Waals surface area contributed by atoms with Crippen LogP contribution >= 0.6 is 0 Å². The molecule has 0 fully saturated rings. The Morgan fingerprint density at radius 3 is 0.778 bits per heavy atom. The smallest absolute Gasteiger partial charge is 0.0725 e. The molecule has 2 spiro atoms. The molecule has 0 bridgehead atoms. The maximum Gasteiger partial charge on any atom is 0.0725 e. The van der Waals surface area contributed by atoms with Gasteiger partial charge < -0.3 is 9.80 Å². The maximum absolute atomic E-state index is 2.58. The summed E-state index contributed by atoms with van der Waals surface area (Å²) in [6, 6.07) is 128. The monoisotopic (exact) mass is 1140 g/mol. The Labute approximate surface area is 524 Å². The van der Waals surface area contributed by atoms with Crippen molar-refractivity contribution in [2.24, 2.45) is 0 Å². The second kappa shape index (κ2) is 19.5. The van der Waals surface area contributed by atoms with Crippen molar-refractivity contribution in [3.05, 3.63) is 384 Å². The fourth-order valence-corrected chi connectivity index (χ4v) is 16.8. The molecule has 90 heavy (non-hydrogen) atoms. The predicted molar refractivity (Wildman–Crippen MR) is 374 cm³/mol. The van der Waals surface area contributed by atoms with Gasteiger partial charge in [0, 0.05) is 34.1 Å². The Bertz CT molecular complexity index is 5270. The molecule has 0 heterocycles. The van der Waals surface area contributed by atoms with Crippen molar-refractivity contribution in [2.45, 2.75) is 10.8 Å². The number of anilines is 6. The molecule has 0 aliphatic heterocycles. The van der Waals surface area contributed by atoms with Crippen LogP contribution in [0.4, 0.5) is 34.1 Å².